The highest BCUT2D eigenvalue weighted by atomic mass is 19.1. The molecule has 4 aromatic rings. The number of nitriles is 1. The lowest BCUT2D eigenvalue weighted by Gasteiger charge is -2.26. The molecule has 5 rings (SSSR count). The summed E-state index contributed by atoms with van der Waals surface area (Å²) in [5.74, 6) is -1.08. The van der Waals surface area contributed by atoms with Crippen LogP contribution in [0.1, 0.15) is 17.0 Å². The molecule has 0 aliphatic carbocycles. The van der Waals surface area contributed by atoms with E-state index in [0.717, 1.165) is 10.8 Å². The second-order valence-corrected chi connectivity index (χ2v) is 6.89. The molecule has 1 aliphatic rings. The molecule has 6 heteroatoms. The van der Waals surface area contributed by atoms with Crippen LogP contribution in [-0.4, -0.2) is 4.98 Å². The Balaban J connectivity index is 1.89. The number of benzene rings is 3. The summed E-state index contributed by atoms with van der Waals surface area (Å²) in [4.78, 5) is 16.1. The average Bonchev–Trinajstić information content (AvgIpc) is 2.72. The number of nitrogens with one attached hydrogen (secondary N) is 1. The second kappa shape index (κ2) is 6.21. The van der Waals surface area contributed by atoms with Crippen LogP contribution >= 0.6 is 0 Å². The maximum Gasteiger partial charge on any atom is 0.256 e. The van der Waals surface area contributed by atoms with Gasteiger partial charge in [0.1, 0.15) is 23.2 Å². The Morgan fingerprint density at radius 2 is 1.90 bits per heavy atom. The molecule has 0 bridgehead atoms. The zero-order valence-corrected chi connectivity index (χ0v) is 15.1. The van der Waals surface area contributed by atoms with E-state index in [0.29, 0.717) is 22.2 Å². The number of nitrogens with two attached hydrogens (primary N) is 1. The van der Waals surface area contributed by atoms with E-state index < -0.39 is 17.3 Å². The molecule has 0 radical (unpaired) electrons. The molecule has 0 saturated heterocycles. The smallest absolute Gasteiger partial charge is 0.256 e. The van der Waals surface area contributed by atoms with E-state index in [2.05, 4.69) is 4.98 Å². The van der Waals surface area contributed by atoms with Crippen LogP contribution in [0.4, 0.5) is 4.39 Å². The summed E-state index contributed by atoms with van der Waals surface area (Å²) < 4.78 is 19.7. The van der Waals surface area contributed by atoms with Crippen molar-refractivity contribution < 1.29 is 9.13 Å². The van der Waals surface area contributed by atoms with Crippen LogP contribution in [0.5, 0.6) is 5.75 Å². The fourth-order valence-electron chi connectivity index (χ4n) is 3.99. The molecule has 1 atom stereocenters. The van der Waals surface area contributed by atoms with Crippen LogP contribution in [-0.2, 0) is 0 Å². The molecule has 0 fully saturated rings. The number of ether oxygens (including phenoxy) is 1. The number of pyridine rings is 1. The molecule has 1 unspecified atom stereocenters. The number of fused-ring (bicyclic) bond motifs is 5. The van der Waals surface area contributed by atoms with Crippen molar-refractivity contribution in [3.05, 3.63) is 99.4 Å². The van der Waals surface area contributed by atoms with E-state index in [1.165, 1.54) is 18.2 Å². The summed E-state index contributed by atoms with van der Waals surface area (Å²) in [5, 5.41) is 12.2. The van der Waals surface area contributed by atoms with Crippen molar-refractivity contribution in [3.8, 4) is 11.8 Å². The third-order valence-electron chi connectivity index (χ3n) is 5.26. The fraction of sp³-hybridized carbons (Fsp3) is 0.0435. The quantitative estimate of drug-likeness (QED) is 0.485. The topological polar surface area (TPSA) is 91.9 Å². The number of nitrogens with zero attached hydrogens (tertiary/aromatic N) is 1. The number of aromatic nitrogens is 1. The summed E-state index contributed by atoms with van der Waals surface area (Å²) in [6, 6.07) is 19.3. The minimum absolute atomic E-state index is 0.0775. The first-order valence-electron chi connectivity index (χ1n) is 8.99. The summed E-state index contributed by atoms with van der Waals surface area (Å²) in [6.45, 7) is 0. The highest BCUT2D eigenvalue weighted by molar-refractivity contribution is 6.07. The molecule has 1 aliphatic heterocycles. The van der Waals surface area contributed by atoms with Crippen molar-refractivity contribution in [2.75, 3.05) is 0 Å². The number of H-pyrrole nitrogens is 1. The molecule has 3 aromatic carbocycles. The van der Waals surface area contributed by atoms with Crippen LogP contribution in [0.3, 0.4) is 0 Å². The lowest BCUT2D eigenvalue weighted by atomic mass is 9.83. The van der Waals surface area contributed by atoms with Gasteiger partial charge in [0.15, 0.2) is 0 Å². The Labute approximate surface area is 164 Å². The third-order valence-corrected chi connectivity index (χ3v) is 5.26. The molecule has 0 spiro atoms. The molecule has 2 heterocycles. The summed E-state index contributed by atoms with van der Waals surface area (Å²) in [7, 11) is 0. The van der Waals surface area contributed by atoms with Gasteiger partial charge >= 0.3 is 0 Å². The van der Waals surface area contributed by atoms with Gasteiger partial charge in [0.25, 0.3) is 5.56 Å². The summed E-state index contributed by atoms with van der Waals surface area (Å²) in [5.41, 5.74) is 7.05. The SMILES string of the molecule is N#CC1=C(N)Oc2c(c(=O)[nH]c3c2ccc2ccccc23)C1c1cccc(F)c1. The van der Waals surface area contributed by atoms with E-state index in [-0.39, 0.29) is 17.0 Å². The number of halogens is 1. The lowest BCUT2D eigenvalue weighted by Crippen LogP contribution is -2.28. The first kappa shape index (κ1) is 17.0. The molecule has 29 heavy (non-hydrogen) atoms. The van der Waals surface area contributed by atoms with Crippen molar-refractivity contribution in [3.63, 3.8) is 0 Å². The predicted molar refractivity (Wildman–Crippen MR) is 108 cm³/mol. The van der Waals surface area contributed by atoms with Crippen LogP contribution in [0.2, 0.25) is 0 Å². The zero-order chi connectivity index (χ0) is 20.1. The molecule has 0 amide bonds. The standard InChI is InChI=1S/C23H14FN3O2/c24-14-6-3-5-13(10-14)18-17(11-25)22(26)29-21-16-9-8-12-4-1-2-7-15(12)20(16)27-23(28)19(18)21/h1-10,18H,26H2,(H,27,28). The average molecular weight is 383 g/mol. The Morgan fingerprint density at radius 1 is 1.07 bits per heavy atom. The number of hydrogen-bond donors (Lipinski definition) is 2. The van der Waals surface area contributed by atoms with Gasteiger partial charge < -0.3 is 15.5 Å². The van der Waals surface area contributed by atoms with Crippen molar-refractivity contribution in [2.45, 2.75) is 5.92 Å². The van der Waals surface area contributed by atoms with E-state index in [1.54, 1.807) is 6.07 Å². The van der Waals surface area contributed by atoms with Crippen molar-refractivity contribution >= 4 is 21.7 Å². The zero-order valence-electron chi connectivity index (χ0n) is 15.1. The summed E-state index contributed by atoms with van der Waals surface area (Å²) in [6.07, 6.45) is 0. The fourth-order valence-corrected chi connectivity index (χ4v) is 3.99. The third kappa shape index (κ3) is 2.48. The van der Waals surface area contributed by atoms with E-state index >= 15 is 0 Å². The monoisotopic (exact) mass is 383 g/mol. The molecular weight excluding hydrogens is 369 g/mol. The Bertz CT molecular complexity index is 1450. The largest absolute Gasteiger partial charge is 0.439 e. The van der Waals surface area contributed by atoms with Gasteiger partial charge in [-0.25, -0.2) is 4.39 Å². The van der Waals surface area contributed by atoms with Crippen molar-refractivity contribution in [1.29, 1.82) is 5.26 Å². The van der Waals surface area contributed by atoms with Crippen LogP contribution in [0.25, 0.3) is 21.7 Å². The Kier molecular flexibility index (Phi) is 3.65. The molecule has 1 aromatic heterocycles. The first-order chi connectivity index (χ1) is 14.1. The molecule has 3 N–H and O–H groups in total. The molecule has 5 nitrogen and oxygen atoms in total. The molecule has 0 saturated carbocycles. The van der Waals surface area contributed by atoms with Gasteiger partial charge in [-0.15, -0.1) is 0 Å². The van der Waals surface area contributed by atoms with Crippen molar-refractivity contribution in [1.82, 2.24) is 4.98 Å². The number of hydrogen-bond acceptors (Lipinski definition) is 4. The highest BCUT2D eigenvalue weighted by Gasteiger charge is 2.34. The van der Waals surface area contributed by atoms with Gasteiger partial charge in [-0.3, -0.25) is 4.79 Å². The van der Waals surface area contributed by atoms with Gasteiger partial charge in [0.2, 0.25) is 5.88 Å². The first-order valence-corrected chi connectivity index (χ1v) is 8.99. The van der Waals surface area contributed by atoms with Gasteiger partial charge in [0, 0.05) is 10.8 Å². The van der Waals surface area contributed by atoms with Gasteiger partial charge in [-0.05, 0) is 29.1 Å². The maximum absolute atomic E-state index is 13.9. The van der Waals surface area contributed by atoms with E-state index in [4.69, 9.17) is 10.5 Å². The number of allylic oxidation sites excluding steroid dienone is 1. The lowest BCUT2D eigenvalue weighted by molar-refractivity contribution is 0.397. The van der Waals surface area contributed by atoms with Gasteiger partial charge in [0.05, 0.1) is 17.0 Å². The number of rotatable bonds is 1. The van der Waals surface area contributed by atoms with E-state index in [1.807, 2.05) is 42.5 Å². The van der Waals surface area contributed by atoms with Gasteiger partial charge in [-0.2, -0.15) is 5.26 Å². The predicted octanol–water partition coefficient (Wildman–Crippen LogP) is 4.04. The van der Waals surface area contributed by atoms with Crippen LogP contribution in [0.15, 0.2) is 76.9 Å². The van der Waals surface area contributed by atoms with Gasteiger partial charge in [-0.1, -0.05) is 42.5 Å². The van der Waals surface area contributed by atoms with E-state index in [9.17, 15) is 14.4 Å². The maximum atomic E-state index is 13.9. The molecule has 140 valence electrons. The second-order valence-electron chi connectivity index (χ2n) is 6.89. The van der Waals surface area contributed by atoms with Crippen LogP contribution < -0.4 is 16.0 Å². The Morgan fingerprint density at radius 3 is 2.69 bits per heavy atom. The number of aromatic amines is 1. The van der Waals surface area contributed by atoms with Crippen LogP contribution in [0, 0.1) is 17.1 Å². The minimum Gasteiger partial charge on any atom is -0.439 e. The normalized spacial score (nSPS) is 15.8. The van der Waals surface area contributed by atoms with Crippen molar-refractivity contribution in [2.24, 2.45) is 5.73 Å². The summed E-state index contributed by atoms with van der Waals surface area (Å²) >= 11 is 0. The molecular formula is C23H14FN3O2. The minimum atomic E-state index is -0.820. The highest BCUT2D eigenvalue weighted by Crippen LogP contribution is 2.43. The Hall–Kier alpha value is -4.11.